The zero-order valence-corrected chi connectivity index (χ0v) is 16.1. The fourth-order valence-electron chi connectivity index (χ4n) is 2.54. The van der Waals surface area contributed by atoms with E-state index in [9.17, 15) is 4.79 Å². The Bertz CT molecular complexity index is 719. The number of rotatable bonds is 8. The molecule has 0 aliphatic rings. The molecule has 1 atom stereocenters. The SMILES string of the molecule is CCCCCOc1ccccc1C(=O)NC(=S)N[C@@H](C)c1ccccc1. The van der Waals surface area contributed by atoms with E-state index in [0.29, 0.717) is 23.0 Å². The van der Waals surface area contributed by atoms with Crippen LogP contribution >= 0.6 is 12.2 Å². The van der Waals surface area contributed by atoms with Gasteiger partial charge in [-0.25, -0.2) is 0 Å². The normalized spacial score (nSPS) is 11.5. The Morgan fingerprint density at radius 1 is 1.08 bits per heavy atom. The summed E-state index contributed by atoms with van der Waals surface area (Å²) >= 11 is 5.29. The van der Waals surface area contributed by atoms with E-state index in [1.54, 1.807) is 6.07 Å². The highest BCUT2D eigenvalue weighted by Gasteiger charge is 2.14. The number of carbonyl (C=O) groups is 1. The third-order valence-electron chi connectivity index (χ3n) is 4.01. The average molecular weight is 371 g/mol. The van der Waals surface area contributed by atoms with Crippen molar-refractivity contribution >= 4 is 23.2 Å². The van der Waals surface area contributed by atoms with Crippen molar-refractivity contribution in [2.75, 3.05) is 6.61 Å². The number of hydrogen-bond donors (Lipinski definition) is 2. The molecule has 0 spiro atoms. The van der Waals surface area contributed by atoms with E-state index >= 15 is 0 Å². The second kappa shape index (κ2) is 10.6. The van der Waals surface area contributed by atoms with Gasteiger partial charge >= 0.3 is 0 Å². The molecule has 2 rings (SSSR count). The Morgan fingerprint density at radius 2 is 1.77 bits per heavy atom. The molecule has 0 aliphatic heterocycles. The van der Waals surface area contributed by atoms with Crippen LogP contribution in [0.5, 0.6) is 5.75 Å². The molecule has 0 radical (unpaired) electrons. The minimum atomic E-state index is -0.270. The van der Waals surface area contributed by atoms with Crippen molar-refractivity contribution in [3.8, 4) is 5.75 Å². The molecule has 2 aromatic carbocycles. The first kappa shape index (κ1) is 19.9. The molecule has 5 heteroatoms. The molecule has 2 N–H and O–H groups in total. The van der Waals surface area contributed by atoms with E-state index in [1.165, 1.54) is 0 Å². The molecule has 0 bridgehead atoms. The number of unbranched alkanes of at least 4 members (excludes halogenated alkanes) is 2. The molecule has 0 saturated heterocycles. The van der Waals surface area contributed by atoms with Crippen molar-refractivity contribution < 1.29 is 9.53 Å². The highest BCUT2D eigenvalue weighted by atomic mass is 32.1. The molecule has 0 unspecified atom stereocenters. The fourth-order valence-corrected chi connectivity index (χ4v) is 2.81. The van der Waals surface area contributed by atoms with E-state index < -0.39 is 0 Å². The smallest absolute Gasteiger partial charge is 0.261 e. The van der Waals surface area contributed by atoms with Gasteiger partial charge in [0.15, 0.2) is 5.11 Å². The highest BCUT2D eigenvalue weighted by Crippen LogP contribution is 2.18. The van der Waals surface area contributed by atoms with E-state index in [0.717, 1.165) is 24.8 Å². The number of ether oxygens (including phenoxy) is 1. The number of hydrogen-bond acceptors (Lipinski definition) is 3. The number of nitrogens with one attached hydrogen (secondary N) is 2. The van der Waals surface area contributed by atoms with Crippen LogP contribution in [-0.4, -0.2) is 17.6 Å². The average Bonchev–Trinajstić information content (AvgIpc) is 2.66. The van der Waals surface area contributed by atoms with Crippen LogP contribution in [0.25, 0.3) is 0 Å². The number of para-hydroxylation sites is 1. The first-order valence-electron chi connectivity index (χ1n) is 9.00. The molecular weight excluding hydrogens is 344 g/mol. The lowest BCUT2D eigenvalue weighted by molar-refractivity contribution is 0.0972. The summed E-state index contributed by atoms with van der Waals surface area (Å²) in [6.07, 6.45) is 3.21. The fraction of sp³-hybridized carbons (Fsp3) is 0.333. The van der Waals surface area contributed by atoms with Crippen molar-refractivity contribution in [2.45, 2.75) is 39.2 Å². The van der Waals surface area contributed by atoms with Crippen molar-refractivity contribution in [1.29, 1.82) is 0 Å². The van der Waals surface area contributed by atoms with Gasteiger partial charge in [-0.3, -0.25) is 10.1 Å². The van der Waals surface area contributed by atoms with Crippen LogP contribution in [0, 0.1) is 0 Å². The Kier molecular flexibility index (Phi) is 8.09. The lowest BCUT2D eigenvalue weighted by atomic mass is 10.1. The Hall–Kier alpha value is -2.40. The van der Waals surface area contributed by atoms with Crippen molar-refractivity contribution in [3.05, 3.63) is 65.7 Å². The Morgan fingerprint density at radius 3 is 2.50 bits per heavy atom. The predicted molar refractivity (Wildman–Crippen MR) is 110 cm³/mol. The lowest BCUT2D eigenvalue weighted by Gasteiger charge is -2.17. The summed E-state index contributed by atoms with van der Waals surface area (Å²) in [6, 6.07) is 17.2. The van der Waals surface area contributed by atoms with Gasteiger partial charge in [0.05, 0.1) is 18.2 Å². The molecule has 138 valence electrons. The topological polar surface area (TPSA) is 50.4 Å². The molecule has 0 saturated carbocycles. The summed E-state index contributed by atoms with van der Waals surface area (Å²) in [7, 11) is 0. The van der Waals surface area contributed by atoms with E-state index in [2.05, 4.69) is 17.6 Å². The molecule has 0 fully saturated rings. The van der Waals surface area contributed by atoms with Gasteiger partial charge in [-0.05, 0) is 43.3 Å². The molecule has 0 aliphatic carbocycles. The standard InChI is InChI=1S/C21H26N2O2S/c1-3-4-10-15-25-19-14-9-8-13-18(19)20(24)23-21(26)22-16(2)17-11-6-5-7-12-17/h5-9,11-14,16H,3-4,10,15H2,1-2H3,(H2,22,23,24,26)/t16-/m0/s1. The van der Waals surface area contributed by atoms with Crippen molar-refractivity contribution in [2.24, 2.45) is 0 Å². The minimum absolute atomic E-state index is 0.00420. The molecule has 0 heterocycles. The quantitative estimate of drug-likeness (QED) is 0.526. The van der Waals surface area contributed by atoms with Gasteiger partial charge in [0.2, 0.25) is 0 Å². The molecule has 0 aromatic heterocycles. The van der Waals surface area contributed by atoms with Crippen molar-refractivity contribution in [1.82, 2.24) is 10.6 Å². The van der Waals surface area contributed by atoms with E-state index in [1.807, 2.05) is 55.5 Å². The van der Waals surface area contributed by atoms with Gasteiger partial charge in [0, 0.05) is 0 Å². The lowest BCUT2D eigenvalue weighted by Crippen LogP contribution is -2.40. The summed E-state index contributed by atoms with van der Waals surface area (Å²) in [5.41, 5.74) is 1.59. The van der Waals surface area contributed by atoms with Gasteiger partial charge in [0.25, 0.3) is 5.91 Å². The predicted octanol–water partition coefficient (Wildman–Crippen LogP) is 4.62. The largest absolute Gasteiger partial charge is 0.493 e. The van der Waals surface area contributed by atoms with Crippen LogP contribution in [0.15, 0.2) is 54.6 Å². The molecule has 1 amide bonds. The third-order valence-corrected chi connectivity index (χ3v) is 4.23. The summed E-state index contributed by atoms with van der Waals surface area (Å²) in [5, 5.41) is 6.17. The molecule has 2 aromatic rings. The molecule has 26 heavy (non-hydrogen) atoms. The highest BCUT2D eigenvalue weighted by molar-refractivity contribution is 7.80. The Labute approximate surface area is 161 Å². The third kappa shape index (κ3) is 6.15. The summed E-state index contributed by atoms with van der Waals surface area (Å²) in [4.78, 5) is 12.6. The first-order chi connectivity index (χ1) is 12.6. The van der Waals surface area contributed by atoms with Gasteiger partial charge in [-0.1, -0.05) is 62.2 Å². The van der Waals surface area contributed by atoms with Gasteiger partial charge in [-0.2, -0.15) is 0 Å². The summed E-state index contributed by atoms with van der Waals surface area (Å²) in [5.74, 6) is 0.314. The van der Waals surface area contributed by atoms with Crippen LogP contribution in [0.1, 0.15) is 55.1 Å². The van der Waals surface area contributed by atoms with Gasteiger partial charge in [-0.15, -0.1) is 0 Å². The Balaban J connectivity index is 1.93. The molecule has 4 nitrogen and oxygen atoms in total. The zero-order valence-electron chi connectivity index (χ0n) is 15.3. The number of amides is 1. The van der Waals surface area contributed by atoms with Crippen LogP contribution in [0.3, 0.4) is 0 Å². The van der Waals surface area contributed by atoms with Crippen LogP contribution in [-0.2, 0) is 0 Å². The van der Waals surface area contributed by atoms with E-state index in [4.69, 9.17) is 17.0 Å². The second-order valence-corrected chi connectivity index (χ2v) is 6.52. The number of thiocarbonyl (C=S) groups is 1. The maximum Gasteiger partial charge on any atom is 0.261 e. The van der Waals surface area contributed by atoms with Crippen LogP contribution in [0.2, 0.25) is 0 Å². The van der Waals surface area contributed by atoms with Gasteiger partial charge < -0.3 is 10.1 Å². The monoisotopic (exact) mass is 370 g/mol. The van der Waals surface area contributed by atoms with Gasteiger partial charge in [0.1, 0.15) is 5.75 Å². The minimum Gasteiger partial charge on any atom is -0.493 e. The van der Waals surface area contributed by atoms with E-state index in [-0.39, 0.29) is 11.9 Å². The molecular formula is C21H26N2O2S. The summed E-state index contributed by atoms with van der Waals surface area (Å²) in [6.45, 7) is 4.75. The van der Waals surface area contributed by atoms with Crippen LogP contribution in [0.4, 0.5) is 0 Å². The number of carbonyl (C=O) groups excluding carboxylic acids is 1. The number of benzene rings is 2. The van der Waals surface area contributed by atoms with Crippen LogP contribution < -0.4 is 15.4 Å². The maximum absolute atomic E-state index is 12.6. The summed E-state index contributed by atoms with van der Waals surface area (Å²) < 4.78 is 5.77. The zero-order chi connectivity index (χ0) is 18.8. The maximum atomic E-state index is 12.6. The first-order valence-corrected chi connectivity index (χ1v) is 9.41. The van der Waals surface area contributed by atoms with Crippen molar-refractivity contribution in [3.63, 3.8) is 0 Å². The second-order valence-electron chi connectivity index (χ2n) is 6.11.